The number of allylic oxidation sites excluding steroid dienone is 4. The number of hydrogen-bond acceptors (Lipinski definition) is 3. The summed E-state index contributed by atoms with van der Waals surface area (Å²) in [4.78, 5) is 11.3. The number of carbonyl (C=O) groups excluding carboxylic acids is 1. The number of ketones is 1. The zero-order chi connectivity index (χ0) is 15.9. The van der Waals surface area contributed by atoms with E-state index in [1.54, 1.807) is 60.7 Å². The van der Waals surface area contributed by atoms with E-state index in [-0.39, 0.29) is 17.3 Å². The van der Waals surface area contributed by atoms with Crippen molar-refractivity contribution in [1.82, 2.24) is 0 Å². The fraction of sp³-hybridized carbons (Fsp3) is 0. The lowest BCUT2D eigenvalue weighted by molar-refractivity contribution is -0.110. The molecular formula is C19H16O3. The molecule has 0 heterocycles. The van der Waals surface area contributed by atoms with Crippen LogP contribution in [-0.2, 0) is 4.79 Å². The first-order valence-electron chi connectivity index (χ1n) is 6.74. The highest BCUT2D eigenvalue weighted by Gasteiger charge is 2.04. The molecule has 0 unspecified atom stereocenters. The molecule has 2 aromatic rings. The fourth-order valence-corrected chi connectivity index (χ4v) is 1.95. The van der Waals surface area contributed by atoms with Crippen LogP contribution in [-0.4, -0.2) is 16.0 Å². The molecule has 0 bridgehead atoms. The van der Waals surface area contributed by atoms with Gasteiger partial charge >= 0.3 is 0 Å². The van der Waals surface area contributed by atoms with Gasteiger partial charge in [0, 0.05) is 0 Å². The van der Waals surface area contributed by atoms with Gasteiger partial charge in [-0.3, -0.25) is 4.79 Å². The summed E-state index contributed by atoms with van der Waals surface area (Å²) in [6.07, 6.45) is 6.12. The minimum Gasteiger partial charge on any atom is -0.508 e. The maximum absolute atomic E-state index is 11.3. The van der Waals surface area contributed by atoms with Crippen molar-refractivity contribution in [2.24, 2.45) is 0 Å². The maximum Gasteiger partial charge on any atom is 0.178 e. The highest BCUT2D eigenvalue weighted by molar-refractivity contribution is 5.99. The standard InChI is InChI=1S/C19H16O3/c1-2-16(20)4-3-5-19(14-6-10-17(21)11-7-14)15-8-12-18(22)13-9-15/h2-13,21-22H,1H2. The van der Waals surface area contributed by atoms with Crippen LogP contribution in [0.4, 0.5) is 0 Å². The number of phenols is 2. The Hall–Kier alpha value is -3.07. The molecule has 0 aromatic heterocycles. The normalized spacial score (nSPS) is 10.4. The Morgan fingerprint density at radius 1 is 0.864 bits per heavy atom. The summed E-state index contributed by atoms with van der Waals surface area (Å²) in [6, 6.07) is 13.6. The predicted molar refractivity (Wildman–Crippen MR) is 87.6 cm³/mol. The van der Waals surface area contributed by atoms with E-state index < -0.39 is 0 Å². The monoisotopic (exact) mass is 292 g/mol. The zero-order valence-electron chi connectivity index (χ0n) is 11.9. The van der Waals surface area contributed by atoms with E-state index >= 15 is 0 Å². The molecule has 2 N–H and O–H groups in total. The molecule has 0 aliphatic heterocycles. The molecule has 2 aromatic carbocycles. The average Bonchev–Trinajstić information content (AvgIpc) is 2.53. The smallest absolute Gasteiger partial charge is 0.178 e. The van der Waals surface area contributed by atoms with E-state index in [0.717, 1.165) is 16.7 Å². The Labute approximate surface area is 129 Å². The number of aromatic hydroxyl groups is 2. The van der Waals surface area contributed by atoms with Gasteiger partial charge in [-0.05, 0) is 53.1 Å². The summed E-state index contributed by atoms with van der Waals surface area (Å²) < 4.78 is 0. The van der Waals surface area contributed by atoms with E-state index in [1.807, 2.05) is 0 Å². The quantitative estimate of drug-likeness (QED) is 0.650. The van der Waals surface area contributed by atoms with Gasteiger partial charge in [0.25, 0.3) is 0 Å². The Morgan fingerprint density at radius 3 is 1.73 bits per heavy atom. The van der Waals surface area contributed by atoms with Crippen LogP contribution in [0.5, 0.6) is 11.5 Å². The van der Waals surface area contributed by atoms with Crippen molar-refractivity contribution in [3.63, 3.8) is 0 Å². The third-order valence-electron chi connectivity index (χ3n) is 3.08. The molecule has 0 amide bonds. The van der Waals surface area contributed by atoms with Gasteiger partial charge in [0.05, 0.1) is 0 Å². The first-order valence-corrected chi connectivity index (χ1v) is 6.74. The first-order chi connectivity index (χ1) is 10.6. The zero-order valence-corrected chi connectivity index (χ0v) is 11.9. The Balaban J connectivity index is 2.44. The molecule has 0 spiro atoms. The Morgan fingerprint density at radius 2 is 1.32 bits per heavy atom. The molecule has 22 heavy (non-hydrogen) atoms. The van der Waals surface area contributed by atoms with Gasteiger partial charge in [0.15, 0.2) is 5.78 Å². The van der Waals surface area contributed by atoms with Gasteiger partial charge in [-0.1, -0.05) is 43.0 Å². The van der Waals surface area contributed by atoms with Gasteiger partial charge in [0.1, 0.15) is 11.5 Å². The fourth-order valence-electron chi connectivity index (χ4n) is 1.95. The second kappa shape index (κ2) is 7.09. The largest absolute Gasteiger partial charge is 0.508 e. The highest BCUT2D eigenvalue weighted by Crippen LogP contribution is 2.26. The van der Waals surface area contributed by atoms with Gasteiger partial charge in [0.2, 0.25) is 0 Å². The van der Waals surface area contributed by atoms with Crippen LogP contribution < -0.4 is 0 Å². The highest BCUT2D eigenvalue weighted by atomic mass is 16.3. The Kier molecular flexibility index (Phi) is 4.94. The summed E-state index contributed by atoms with van der Waals surface area (Å²) in [5.74, 6) is 0.198. The molecule has 0 saturated heterocycles. The lowest BCUT2D eigenvalue weighted by atomic mass is 9.97. The SMILES string of the molecule is C=CC(=O)C=CC=C(c1ccc(O)cc1)c1ccc(O)cc1. The predicted octanol–water partition coefficient (Wildman–Crippen LogP) is 3.84. The molecule has 3 nitrogen and oxygen atoms in total. The number of carbonyl (C=O) groups is 1. The van der Waals surface area contributed by atoms with E-state index in [2.05, 4.69) is 6.58 Å². The minimum absolute atomic E-state index is 0.174. The molecule has 110 valence electrons. The number of rotatable bonds is 5. The van der Waals surface area contributed by atoms with Crippen LogP contribution in [0.2, 0.25) is 0 Å². The topological polar surface area (TPSA) is 57.5 Å². The van der Waals surface area contributed by atoms with Gasteiger partial charge < -0.3 is 10.2 Å². The summed E-state index contributed by atoms with van der Waals surface area (Å²) in [6.45, 7) is 3.42. The summed E-state index contributed by atoms with van der Waals surface area (Å²) >= 11 is 0. The molecule has 2 rings (SSSR count). The molecule has 0 fully saturated rings. The summed E-state index contributed by atoms with van der Waals surface area (Å²) in [7, 11) is 0. The van der Waals surface area contributed by atoms with Crippen LogP contribution in [0, 0.1) is 0 Å². The number of phenolic OH excluding ortho intramolecular Hbond substituents is 2. The van der Waals surface area contributed by atoms with Crippen molar-refractivity contribution in [1.29, 1.82) is 0 Å². The van der Waals surface area contributed by atoms with E-state index in [9.17, 15) is 15.0 Å². The van der Waals surface area contributed by atoms with Crippen molar-refractivity contribution < 1.29 is 15.0 Å². The van der Waals surface area contributed by atoms with Crippen molar-refractivity contribution >= 4 is 11.4 Å². The molecule has 3 heteroatoms. The van der Waals surface area contributed by atoms with Gasteiger partial charge in [-0.25, -0.2) is 0 Å². The number of hydrogen-bond donors (Lipinski definition) is 2. The van der Waals surface area contributed by atoms with Crippen LogP contribution >= 0.6 is 0 Å². The molecule has 0 aliphatic rings. The molecular weight excluding hydrogens is 276 g/mol. The van der Waals surface area contributed by atoms with Crippen LogP contribution in [0.3, 0.4) is 0 Å². The van der Waals surface area contributed by atoms with E-state index in [1.165, 1.54) is 12.2 Å². The van der Waals surface area contributed by atoms with E-state index in [4.69, 9.17) is 0 Å². The minimum atomic E-state index is -0.174. The van der Waals surface area contributed by atoms with Gasteiger partial charge in [-0.2, -0.15) is 0 Å². The Bertz CT molecular complexity index is 673. The summed E-state index contributed by atoms with van der Waals surface area (Å²) in [5.41, 5.74) is 2.64. The van der Waals surface area contributed by atoms with Crippen molar-refractivity contribution in [3.05, 3.63) is 90.5 Å². The maximum atomic E-state index is 11.3. The average molecular weight is 292 g/mol. The number of benzene rings is 2. The lowest BCUT2D eigenvalue weighted by Gasteiger charge is -2.08. The van der Waals surface area contributed by atoms with E-state index in [0.29, 0.717) is 0 Å². The molecule has 0 aliphatic carbocycles. The van der Waals surface area contributed by atoms with Crippen molar-refractivity contribution in [2.75, 3.05) is 0 Å². The molecule has 0 radical (unpaired) electrons. The van der Waals surface area contributed by atoms with Crippen molar-refractivity contribution in [2.45, 2.75) is 0 Å². The third-order valence-corrected chi connectivity index (χ3v) is 3.08. The van der Waals surface area contributed by atoms with Crippen LogP contribution in [0.1, 0.15) is 11.1 Å². The van der Waals surface area contributed by atoms with Crippen LogP contribution in [0.25, 0.3) is 5.57 Å². The molecule has 0 atom stereocenters. The first kappa shape index (κ1) is 15.3. The lowest BCUT2D eigenvalue weighted by Crippen LogP contribution is -1.88. The second-order valence-corrected chi connectivity index (χ2v) is 4.64. The third kappa shape index (κ3) is 3.96. The van der Waals surface area contributed by atoms with Gasteiger partial charge in [-0.15, -0.1) is 0 Å². The van der Waals surface area contributed by atoms with Crippen molar-refractivity contribution in [3.8, 4) is 11.5 Å². The second-order valence-electron chi connectivity index (χ2n) is 4.64. The van der Waals surface area contributed by atoms with Crippen LogP contribution in [0.15, 0.2) is 79.4 Å². The summed E-state index contributed by atoms with van der Waals surface area (Å²) in [5, 5.41) is 18.8. The molecule has 0 saturated carbocycles.